The van der Waals surface area contributed by atoms with Crippen LogP contribution in [0.15, 0.2) is 42.7 Å². The number of rotatable bonds is 3. The van der Waals surface area contributed by atoms with E-state index in [-0.39, 0.29) is 0 Å². The Bertz CT molecular complexity index is 532. The highest BCUT2D eigenvalue weighted by molar-refractivity contribution is 5.57. The number of aromatic nitrogens is 2. The fraction of sp³-hybridized carbons (Fsp3) is 0.333. The average molecular weight is 269 g/mol. The van der Waals surface area contributed by atoms with E-state index in [1.54, 1.807) is 6.20 Å². The summed E-state index contributed by atoms with van der Waals surface area (Å²) in [7, 11) is 2.16. The highest BCUT2D eigenvalue weighted by Crippen LogP contribution is 2.18. The van der Waals surface area contributed by atoms with Crippen molar-refractivity contribution in [3.8, 4) is 0 Å². The summed E-state index contributed by atoms with van der Waals surface area (Å²) in [6.45, 7) is 4.26. The zero-order chi connectivity index (χ0) is 13.8. The first-order chi connectivity index (χ1) is 9.81. The van der Waals surface area contributed by atoms with E-state index in [0.717, 1.165) is 43.5 Å². The molecule has 0 aliphatic carbocycles. The summed E-state index contributed by atoms with van der Waals surface area (Å²) >= 11 is 0. The molecule has 1 fully saturated rings. The molecule has 5 nitrogen and oxygen atoms in total. The van der Waals surface area contributed by atoms with Gasteiger partial charge in [0.2, 0.25) is 0 Å². The van der Waals surface area contributed by atoms with Crippen LogP contribution in [0.25, 0.3) is 0 Å². The molecule has 0 unspecified atom stereocenters. The molecule has 1 aliphatic heterocycles. The van der Waals surface area contributed by atoms with Crippen LogP contribution in [-0.2, 0) is 0 Å². The lowest BCUT2D eigenvalue weighted by Gasteiger charge is -2.33. The van der Waals surface area contributed by atoms with Crippen LogP contribution in [0, 0.1) is 0 Å². The van der Waals surface area contributed by atoms with Gasteiger partial charge in [-0.2, -0.15) is 0 Å². The van der Waals surface area contributed by atoms with Gasteiger partial charge in [0.1, 0.15) is 11.6 Å². The van der Waals surface area contributed by atoms with Crippen molar-refractivity contribution < 1.29 is 0 Å². The quantitative estimate of drug-likeness (QED) is 0.923. The van der Waals surface area contributed by atoms with Crippen LogP contribution in [0.1, 0.15) is 0 Å². The highest BCUT2D eigenvalue weighted by Gasteiger charge is 2.14. The van der Waals surface area contributed by atoms with E-state index in [9.17, 15) is 0 Å². The Morgan fingerprint density at radius 3 is 2.50 bits per heavy atom. The molecule has 0 aromatic carbocycles. The van der Waals surface area contributed by atoms with Gasteiger partial charge in [-0.15, -0.1) is 0 Å². The molecule has 5 heteroatoms. The van der Waals surface area contributed by atoms with E-state index < -0.39 is 0 Å². The van der Waals surface area contributed by atoms with Gasteiger partial charge in [0.25, 0.3) is 0 Å². The molecule has 0 bridgehead atoms. The van der Waals surface area contributed by atoms with Crippen LogP contribution in [-0.4, -0.2) is 48.1 Å². The molecule has 0 amide bonds. The Hall–Kier alpha value is -2.14. The van der Waals surface area contributed by atoms with E-state index in [1.165, 1.54) is 0 Å². The van der Waals surface area contributed by atoms with Gasteiger partial charge in [-0.3, -0.25) is 0 Å². The molecule has 0 saturated carbocycles. The summed E-state index contributed by atoms with van der Waals surface area (Å²) in [5, 5.41) is 3.24. The number of nitrogens with one attached hydrogen (secondary N) is 1. The van der Waals surface area contributed by atoms with Crippen molar-refractivity contribution in [1.29, 1.82) is 0 Å². The molecule has 0 spiro atoms. The summed E-state index contributed by atoms with van der Waals surface area (Å²) < 4.78 is 0. The number of hydrogen-bond acceptors (Lipinski definition) is 5. The normalized spacial score (nSPS) is 16.1. The number of piperazine rings is 1. The summed E-state index contributed by atoms with van der Waals surface area (Å²) in [4.78, 5) is 13.4. The van der Waals surface area contributed by atoms with Crippen molar-refractivity contribution in [3.05, 3.63) is 42.7 Å². The number of pyridine rings is 2. The monoisotopic (exact) mass is 269 g/mol. The predicted octanol–water partition coefficient (Wildman–Crippen LogP) is 1.97. The zero-order valence-electron chi connectivity index (χ0n) is 11.7. The number of anilines is 3. The van der Waals surface area contributed by atoms with Crippen LogP contribution >= 0.6 is 0 Å². The van der Waals surface area contributed by atoms with Crippen LogP contribution in [0.4, 0.5) is 17.3 Å². The van der Waals surface area contributed by atoms with E-state index in [1.807, 2.05) is 24.4 Å². The van der Waals surface area contributed by atoms with Gasteiger partial charge in [-0.25, -0.2) is 9.97 Å². The molecule has 2 aromatic rings. The third kappa shape index (κ3) is 3.05. The van der Waals surface area contributed by atoms with Gasteiger partial charge in [0, 0.05) is 32.4 Å². The van der Waals surface area contributed by atoms with Gasteiger partial charge >= 0.3 is 0 Å². The molecule has 3 heterocycles. The van der Waals surface area contributed by atoms with Crippen molar-refractivity contribution >= 4 is 17.3 Å². The van der Waals surface area contributed by atoms with E-state index >= 15 is 0 Å². The summed E-state index contributed by atoms with van der Waals surface area (Å²) in [6.07, 6.45) is 3.64. The van der Waals surface area contributed by atoms with E-state index in [4.69, 9.17) is 0 Å². The largest absolute Gasteiger partial charge is 0.354 e. The molecule has 1 saturated heterocycles. The number of nitrogens with zero attached hydrogens (tertiary/aromatic N) is 4. The van der Waals surface area contributed by atoms with Crippen molar-refractivity contribution in [2.24, 2.45) is 0 Å². The van der Waals surface area contributed by atoms with Crippen molar-refractivity contribution in [3.63, 3.8) is 0 Å². The Labute approximate surface area is 119 Å². The summed E-state index contributed by atoms with van der Waals surface area (Å²) in [5.74, 6) is 1.88. The lowest BCUT2D eigenvalue weighted by Crippen LogP contribution is -2.44. The average Bonchev–Trinajstić information content (AvgIpc) is 2.50. The van der Waals surface area contributed by atoms with E-state index in [2.05, 4.69) is 44.3 Å². The molecule has 1 N–H and O–H groups in total. The van der Waals surface area contributed by atoms with Gasteiger partial charge in [0.05, 0.1) is 11.9 Å². The highest BCUT2D eigenvalue weighted by atomic mass is 15.3. The lowest BCUT2D eigenvalue weighted by atomic mass is 10.3. The first-order valence-corrected chi connectivity index (χ1v) is 6.89. The maximum atomic E-state index is 4.54. The molecular weight excluding hydrogens is 250 g/mol. The second kappa shape index (κ2) is 5.88. The minimum Gasteiger partial charge on any atom is -0.354 e. The summed E-state index contributed by atoms with van der Waals surface area (Å²) in [6, 6.07) is 9.92. The molecule has 0 radical (unpaired) electrons. The first-order valence-electron chi connectivity index (χ1n) is 6.89. The van der Waals surface area contributed by atoms with Gasteiger partial charge in [0.15, 0.2) is 0 Å². The predicted molar refractivity (Wildman–Crippen MR) is 81.5 cm³/mol. The molecule has 2 aromatic heterocycles. The molecular formula is C15H19N5. The minimum absolute atomic E-state index is 0.835. The van der Waals surface area contributed by atoms with Crippen LogP contribution in [0.2, 0.25) is 0 Å². The Morgan fingerprint density at radius 1 is 1.00 bits per heavy atom. The Kier molecular flexibility index (Phi) is 3.78. The topological polar surface area (TPSA) is 44.3 Å². The van der Waals surface area contributed by atoms with Crippen LogP contribution < -0.4 is 10.2 Å². The number of likely N-dealkylation sites (N-methyl/N-ethyl adjacent to an activating group) is 1. The van der Waals surface area contributed by atoms with Gasteiger partial charge in [-0.1, -0.05) is 6.07 Å². The van der Waals surface area contributed by atoms with Crippen LogP contribution in [0.3, 0.4) is 0 Å². The maximum absolute atomic E-state index is 4.54. The fourth-order valence-electron chi connectivity index (χ4n) is 2.27. The SMILES string of the molecule is CN1CCN(c2ccc(Nc3ccccn3)cn2)CC1. The Morgan fingerprint density at radius 2 is 1.85 bits per heavy atom. The standard InChI is InChI=1S/C15H19N5/c1-19-8-10-20(11-9-19)15-6-5-13(12-17-15)18-14-4-2-3-7-16-14/h2-7,12H,8-11H2,1H3,(H,16,18). The van der Waals surface area contributed by atoms with Crippen LogP contribution in [0.5, 0.6) is 0 Å². The molecule has 0 atom stereocenters. The third-order valence-electron chi connectivity index (χ3n) is 3.51. The molecule has 20 heavy (non-hydrogen) atoms. The van der Waals surface area contributed by atoms with Crippen molar-refractivity contribution in [2.45, 2.75) is 0 Å². The lowest BCUT2D eigenvalue weighted by molar-refractivity contribution is 0.312. The minimum atomic E-state index is 0.835. The zero-order valence-corrected chi connectivity index (χ0v) is 11.7. The van der Waals surface area contributed by atoms with Gasteiger partial charge in [-0.05, 0) is 31.3 Å². The maximum Gasteiger partial charge on any atom is 0.130 e. The Balaban J connectivity index is 1.65. The molecule has 104 valence electrons. The second-order valence-corrected chi connectivity index (χ2v) is 5.04. The molecule has 3 rings (SSSR count). The van der Waals surface area contributed by atoms with Gasteiger partial charge < -0.3 is 15.1 Å². The molecule has 1 aliphatic rings. The van der Waals surface area contributed by atoms with E-state index in [0.29, 0.717) is 0 Å². The van der Waals surface area contributed by atoms with Crippen molar-refractivity contribution in [2.75, 3.05) is 43.4 Å². The smallest absolute Gasteiger partial charge is 0.130 e. The fourth-order valence-corrected chi connectivity index (χ4v) is 2.27. The first kappa shape index (κ1) is 12.9. The second-order valence-electron chi connectivity index (χ2n) is 5.04. The number of hydrogen-bond donors (Lipinski definition) is 1. The third-order valence-corrected chi connectivity index (χ3v) is 3.51. The summed E-state index contributed by atoms with van der Waals surface area (Å²) in [5.41, 5.74) is 0.960. The van der Waals surface area contributed by atoms with Crippen molar-refractivity contribution in [1.82, 2.24) is 14.9 Å².